The van der Waals surface area contributed by atoms with Crippen LogP contribution in [0.4, 0.5) is 11.4 Å². The molecule has 0 aliphatic carbocycles. The van der Waals surface area contributed by atoms with Gasteiger partial charge in [-0.15, -0.1) is 0 Å². The van der Waals surface area contributed by atoms with E-state index in [9.17, 15) is 9.59 Å². The minimum Gasteiger partial charge on any atom is -0.368 e. The molecule has 28 heavy (non-hydrogen) atoms. The lowest BCUT2D eigenvalue weighted by molar-refractivity contribution is -0.124. The van der Waals surface area contributed by atoms with Gasteiger partial charge >= 0.3 is 0 Å². The molecule has 3 heterocycles. The highest BCUT2D eigenvalue weighted by molar-refractivity contribution is 5.98. The van der Waals surface area contributed by atoms with E-state index in [0.29, 0.717) is 30.9 Å². The van der Waals surface area contributed by atoms with Crippen LogP contribution in [-0.2, 0) is 9.53 Å². The maximum Gasteiger partial charge on any atom is 0.254 e. The fourth-order valence-electron chi connectivity index (χ4n) is 3.64. The number of nitrogens with one attached hydrogen (secondary N) is 1. The second kappa shape index (κ2) is 8.39. The molecule has 0 bridgehead atoms. The lowest BCUT2D eigenvalue weighted by Gasteiger charge is -2.36. The van der Waals surface area contributed by atoms with Crippen LogP contribution in [0.15, 0.2) is 48.8 Å². The monoisotopic (exact) mass is 380 g/mol. The van der Waals surface area contributed by atoms with E-state index < -0.39 is 0 Å². The molecule has 1 aromatic carbocycles. The Hall–Kier alpha value is -2.93. The average molecular weight is 380 g/mol. The number of carbonyl (C=O) groups is 2. The Kier molecular flexibility index (Phi) is 5.53. The highest BCUT2D eigenvalue weighted by Gasteiger charge is 2.25. The zero-order valence-electron chi connectivity index (χ0n) is 15.7. The zero-order chi connectivity index (χ0) is 19.3. The van der Waals surface area contributed by atoms with E-state index in [1.807, 2.05) is 17.0 Å². The average Bonchev–Trinajstić information content (AvgIpc) is 3.29. The van der Waals surface area contributed by atoms with Crippen molar-refractivity contribution in [3.8, 4) is 0 Å². The van der Waals surface area contributed by atoms with Gasteiger partial charge < -0.3 is 19.9 Å². The SMILES string of the molecule is O=C(Nc1cccc(C(=O)N2CCN(c3ccncc3)CC2)c1)C1CCCO1. The molecule has 2 aliphatic heterocycles. The highest BCUT2D eigenvalue weighted by Crippen LogP contribution is 2.19. The van der Waals surface area contributed by atoms with E-state index in [1.165, 1.54) is 0 Å². The molecule has 7 heteroatoms. The summed E-state index contributed by atoms with van der Waals surface area (Å²) in [6.07, 6.45) is 4.82. The molecule has 2 amide bonds. The van der Waals surface area contributed by atoms with Crippen molar-refractivity contribution >= 4 is 23.2 Å². The van der Waals surface area contributed by atoms with Crippen LogP contribution in [0.25, 0.3) is 0 Å². The van der Waals surface area contributed by atoms with Crippen LogP contribution < -0.4 is 10.2 Å². The number of carbonyl (C=O) groups excluding carboxylic acids is 2. The molecule has 2 saturated heterocycles. The maximum atomic E-state index is 12.9. The molecule has 2 aromatic rings. The standard InChI is InChI=1S/C21H24N4O3/c26-20(19-5-2-14-28-19)23-17-4-1-3-16(15-17)21(27)25-12-10-24(11-13-25)18-6-8-22-9-7-18/h1,3-4,6-9,15,19H,2,5,10-14H2,(H,23,26). The van der Waals surface area contributed by atoms with Crippen LogP contribution in [0, 0.1) is 0 Å². The van der Waals surface area contributed by atoms with Gasteiger partial charge in [0.25, 0.3) is 11.8 Å². The van der Waals surface area contributed by atoms with E-state index in [0.717, 1.165) is 31.6 Å². The van der Waals surface area contributed by atoms with Crippen LogP contribution in [0.5, 0.6) is 0 Å². The van der Waals surface area contributed by atoms with E-state index in [1.54, 1.807) is 36.7 Å². The molecular formula is C21H24N4O3. The Morgan fingerprint density at radius 3 is 2.57 bits per heavy atom. The van der Waals surface area contributed by atoms with E-state index in [4.69, 9.17) is 4.74 Å². The molecule has 1 aromatic heterocycles. The summed E-state index contributed by atoms with van der Waals surface area (Å²) in [5.74, 6) is -0.157. The Labute approximate surface area is 164 Å². The van der Waals surface area contributed by atoms with Gasteiger partial charge in [0, 0.05) is 62.1 Å². The van der Waals surface area contributed by atoms with Crippen molar-refractivity contribution < 1.29 is 14.3 Å². The third-order valence-corrected chi connectivity index (χ3v) is 5.19. The number of benzene rings is 1. The quantitative estimate of drug-likeness (QED) is 0.880. The van der Waals surface area contributed by atoms with E-state index in [2.05, 4.69) is 15.2 Å². The fraction of sp³-hybridized carbons (Fsp3) is 0.381. The van der Waals surface area contributed by atoms with Crippen LogP contribution in [-0.4, -0.2) is 60.6 Å². The second-order valence-corrected chi connectivity index (χ2v) is 7.06. The number of rotatable bonds is 4. The number of ether oxygens (including phenoxy) is 1. The first-order valence-corrected chi connectivity index (χ1v) is 9.67. The summed E-state index contributed by atoms with van der Waals surface area (Å²) >= 11 is 0. The molecule has 0 radical (unpaired) electrons. The largest absolute Gasteiger partial charge is 0.368 e. The summed E-state index contributed by atoms with van der Waals surface area (Å²) in [5, 5.41) is 2.86. The van der Waals surface area contributed by atoms with Crippen LogP contribution in [0.3, 0.4) is 0 Å². The third kappa shape index (κ3) is 4.14. The fourth-order valence-corrected chi connectivity index (χ4v) is 3.64. The van der Waals surface area contributed by atoms with Crippen LogP contribution in [0.1, 0.15) is 23.2 Å². The van der Waals surface area contributed by atoms with Gasteiger partial charge in [0.2, 0.25) is 0 Å². The molecule has 1 atom stereocenters. The minimum absolute atomic E-state index is 0.0115. The lowest BCUT2D eigenvalue weighted by Crippen LogP contribution is -2.48. The number of hydrogen-bond acceptors (Lipinski definition) is 5. The van der Waals surface area contributed by atoms with Crippen molar-refractivity contribution in [3.63, 3.8) is 0 Å². The van der Waals surface area contributed by atoms with Gasteiger partial charge in [-0.2, -0.15) is 0 Å². The van der Waals surface area contributed by atoms with Crippen molar-refractivity contribution in [2.75, 3.05) is 43.0 Å². The Balaban J connectivity index is 1.36. The first-order valence-electron chi connectivity index (χ1n) is 9.67. The molecule has 7 nitrogen and oxygen atoms in total. The topological polar surface area (TPSA) is 74.8 Å². The Morgan fingerprint density at radius 1 is 1.07 bits per heavy atom. The summed E-state index contributed by atoms with van der Waals surface area (Å²) in [6.45, 7) is 3.51. The number of amides is 2. The van der Waals surface area contributed by atoms with Gasteiger partial charge in [0.1, 0.15) is 6.10 Å². The highest BCUT2D eigenvalue weighted by atomic mass is 16.5. The lowest BCUT2D eigenvalue weighted by atomic mass is 10.1. The van der Waals surface area contributed by atoms with Crippen molar-refractivity contribution in [2.24, 2.45) is 0 Å². The van der Waals surface area contributed by atoms with Crippen molar-refractivity contribution in [3.05, 3.63) is 54.4 Å². The van der Waals surface area contributed by atoms with Crippen molar-refractivity contribution in [1.29, 1.82) is 0 Å². The predicted molar refractivity (Wildman–Crippen MR) is 106 cm³/mol. The van der Waals surface area contributed by atoms with E-state index >= 15 is 0 Å². The Bertz CT molecular complexity index is 829. The number of anilines is 2. The molecule has 1 N–H and O–H groups in total. The van der Waals surface area contributed by atoms with Crippen molar-refractivity contribution in [1.82, 2.24) is 9.88 Å². The summed E-state index contributed by atoms with van der Waals surface area (Å²) < 4.78 is 5.41. The van der Waals surface area contributed by atoms with Crippen LogP contribution >= 0.6 is 0 Å². The Morgan fingerprint density at radius 2 is 1.86 bits per heavy atom. The maximum absolute atomic E-state index is 12.9. The molecule has 0 saturated carbocycles. The molecule has 0 spiro atoms. The number of piperazine rings is 1. The molecule has 2 aliphatic rings. The summed E-state index contributed by atoms with van der Waals surface area (Å²) in [6, 6.07) is 11.1. The summed E-state index contributed by atoms with van der Waals surface area (Å²) in [7, 11) is 0. The van der Waals surface area contributed by atoms with Gasteiger partial charge in [-0.1, -0.05) is 6.07 Å². The minimum atomic E-state index is -0.388. The van der Waals surface area contributed by atoms with Gasteiger partial charge in [-0.25, -0.2) is 0 Å². The predicted octanol–water partition coefficient (Wildman–Crippen LogP) is 2.16. The van der Waals surface area contributed by atoms with E-state index in [-0.39, 0.29) is 17.9 Å². The van der Waals surface area contributed by atoms with Gasteiger partial charge in [-0.05, 0) is 43.2 Å². The number of pyridine rings is 1. The molecule has 2 fully saturated rings. The summed E-state index contributed by atoms with van der Waals surface area (Å²) in [4.78, 5) is 33.3. The number of hydrogen-bond donors (Lipinski definition) is 1. The van der Waals surface area contributed by atoms with Gasteiger partial charge in [0.15, 0.2) is 0 Å². The smallest absolute Gasteiger partial charge is 0.254 e. The molecule has 146 valence electrons. The van der Waals surface area contributed by atoms with Gasteiger partial charge in [0.05, 0.1) is 0 Å². The zero-order valence-corrected chi connectivity index (χ0v) is 15.7. The first-order chi connectivity index (χ1) is 13.7. The normalized spacial score (nSPS) is 19.5. The molecule has 1 unspecified atom stereocenters. The first kappa shape index (κ1) is 18.4. The van der Waals surface area contributed by atoms with Crippen molar-refractivity contribution in [2.45, 2.75) is 18.9 Å². The summed E-state index contributed by atoms with van der Waals surface area (Å²) in [5.41, 5.74) is 2.34. The molecular weight excluding hydrogens is 356 g/mol. The number of nitrogens with zero attached hydrogens (tertiary/aromatic N) is 3. The number of aromatic nitrogens is 1. The second-order valence-electron chi connectivity index (χ2n) is 7.06. The molecule has 4 rings (SSSR count). The van der Waals surface area contributed by atoms with Gasteiger partial charge in [-0.3, -0.25) is 14.6 Å². The third-order valence-electron chi connectivity index (χ3n) is 5.19. The van der Waals surface area contributed by atoms with Crippen LogP contribution in [0.2, 0.25) is 0 Å².